The van der Waals surface area contributed by atoms with Crippen LogP contribution in [0.25, 0.3) is 0 Å². The number of unbranched alkanes of at least 4 members (excludes halogenated alkanes) is 3. The summed E-state index contributed by atoms with van der Waals surface area (Å²) in [6.07, 6.45) is 4.37. The van der Waals surface area contributed by atoms with Crippen molar-refractivity contribution in [3.63, 3.8) is 0 Å². The molecular formula is C22H38O6. The lowest BCUT2D eigenvalue weighted by Gasteiger charge is -2.31. The summed E-state index contributed by atoms with van der Waals surface area (Å²) in [5, 5.41) is 37.2. The van der Waals surface area contributed by atoms with Gasteiger partial charge in [-0.3, -0.25) is 0 Å². The van der Waals surface area contributed by atoms with Crippen LogP contribution in [0.1, 0.15) is 76.6 Å². The second-order valence-electron chi connectivity index (χ2n) is 7.51. The third-order valence-corrected chi connectivity index (χ3v) is 4.52. The van der Waals surface area contributed by atoms with Gasteiger partial charge in [0.15, 0.2) is 0 Å². The number of carbonyl (C=O) groups excluding carboxylic acids is 1. The lowest BCUT2D eigenvalue weighted by Crippen LogP contribution is -2.43. The first-order chi connectivity index (χ1) is 13.2. The molecular weight excluding hydrogens is 360 g/mol. The average Bonchev–Trinajstić information content (AvgIpc) is 2.69. The summed E-state index contributed by atoms with van der Waals surface area (Å²) < 4.78 is 5.01. The van der Waals surface area contributed by atoms with Gasteiger partial charge in [0.1, 0.15) is 11.9 Å². The van der Waals surface area contributed by atoms with E-state index in [1.54, 1.807) is 0 Å². The lowest BCUT2D eigenvalue weighted by molar-refractivity contribution is -0.102. The zero-order valence-electron chi connectivity index (χ0n) is 17.7. The van der Waals surface area contributed by atoms with E-state index in [0.29, 0.717) is 30.9 Å². The van der Waals surface area contributed by atoms with Crippen LogP contribution in [-0.4, -0.2) is 51.3 Å². The van der Waals surface area contributed by atoms with Crippen LogP contribution in [-0.2, 0) is 4.74 Å². The van der Waals surface area contributed by atoms with Crippen LogP contribution in [0.2, 0.25) is 0 Å². The Kier molecular flexibility index (Phi) is 13.5. The Bertz CT molecular complexity index is 528. The SMILES string of the molecule is CC(C)COC(=O)c1ccc(O)cc1.CCCCCCC(O)(CC)C(O)CO. The van der Waals surface area contributed by atoms with Crippen molar-refractivity contribution in [3.8, 4) is 5.75 Å². The van der Waals surface area contributed by atoms with Crippen molar-refractivity contribution in [1.82, 2.24) is 0 Å². The molecule has 0 spiro atoms. The standard InChI is InChI=1S/C11H14O3.C11H24O3/c1-8(2)7-14-11(13)9-3-5-10(12)6-4-9;1-3-5-6-7-8-11(14,4-2)10(13)9-12/h3-6,8,12H,7H2,1-2H3;10,12-14H,3-9H2,1-2H3. The number of aliphatic hydroxyl groups is 3. The van der Waals surface area contributed by atoms with Gasteiger partial charge in [-0.05, 0) is 43.0 Å². The van der Waals surface area contributed by atoms with E-state index in [1.165, 1.54) is 24.3 Å². The normalized spacial score (nSPS) is 14.0. The highest BCUT2D eigenvalue weighted by Gasteiger charge is 2.32. The molecule has 0 amide bonds. The third-order valence-electron chi connectivity index (χ3n) is 4.52. The van der Waals surface area contributed by atoms with Gasteiger partial charge in [-0.15, -0.1) is 0 Å². The van der Waals surface area contributed by atoms with Crippen LogP contribution in [0, 0.1) is 5.92 Å². The molecule has 0 fully saturated rings. The molecule has 0 aliphatic carbocycles. The number of ether oxygens (including phenoxy) is 1. The number of esters is 1. The first-order valence-corrected chi connectivity index (χ1v) is 10.2. The van der Waals surface area contributed by atoms with Crippen molar-refractivity contribution in [1.29, 1.82) is 0 Å². The quantitative estimate of drug-likeness (QED) is 0.335. The molecule has 2 unspecified atom stereocenters. The molecule has 2 atom stereocenters. The molecule has 1 aromatic rings. The molecule has 4 N–H and O–H groups in total. The van der Waals surface area contributed by atoms with E-state index in [-0.39, 0.29) is 18.3 Å². The predicted molar refractivity (Wildman–Crippen MR) is 110 cm³/mol. The molecule has 28 heavy (non-hydrogen) atoms. The predicted octanol–water partition coefficient (Wildman–Crippen LogP) is 3.66. The van der Waals surface area contributed by atoms with Crippen molar-refractivity contribution >= 4 is 5.97 Å². The summed E-state index contributed by atoms with van der Waals surface area (Å²) in [6.45, 7) is 7.97. The molecule has 0 aliphatic rings. The van der Waals surface area contributed by atoms with E-state index >= 15 is 0 Å². The fraction of sp³-hybridized carbons (Fsp3) is 0.682. The Labute approximate surface area is 169 Å². The minimum Gasteiger partial charge on any atom is -0.508 e. The van der Waals surface area contributed by atoms with Gasteiger partial charge in [0.05, 0.1) is 24.4 Å². The first-order valence-electron chi connectivity index (χ1n) is 10.2. The molecule has 1 rings (SSSR count). The van der Waals surface area contributed by atoms with Crippen LogP contribution in [0.15, 0.2) is 24.3 Å². The third kappa shape index (κ3) is 10.6. The second kappa shape index (κ2) is 14.4. The van der Waals surface area contributed by atoms with E-state index in [0.717, 1.165) is 25.7 Å². The van der Waals surface area contributed by atoms with Crippen LogP contribution >= 0.6 is 0 Å². The topological polar surface area (TPSA) is 107 Å². The van der Waals surface area contributed by atoms with E-state index in [2.05, 4.69) is 6.92 Å². The number of hydrogen-bond donors (Lipinski definition) is 4. The van der Waals surface area contributed by atoms with Crippen molar-refractivity contribution < 1.29 is 30.0 Å². The first kappa shape index (κ1) is 26.4. The Morgan fingerprint density at radius 3 is 2.18 bits per heavy atom. The van der Waals surface area contributed by atoms with E-state index in [1.807, 2.05) is 20.8 Å². The molecule has 6 heteroatoms. The van der Waals surface area contributed by atoms with Crippen molar-refractivity contribution in [2.24, 2.45) is 5.92 Å². The number of aliphatic hydroxyl groups excluding tert-OH is 2. The summed E-state index contributed by atoms with van der Waals surface area (Å²) >= 11 is 0. The number of benzene rings is 1. The van der Waals surface area contributed by atoms with Gasteiger partial charge in [0.25, 0.3) is 0 Å². The van der Waals surface area contributed by atoms with Crippen molar-refractivity contribution in [2.45, 2.75) is 77.9 Å². The number of hydrogen-bond acceptors (Lipinski definition) is 6. The molecule has 0 aliphatic heterocycles. The smallest absolute Gasteiger partial charge is 0.338 e. The van der Waals surface area contributed by atoms with Gasteiger partial charge in [-0.25, -0.2) is 4.79 Å². The van der Waals surface area contributed by atoms with E-state index in [9.17, 15) is 15.0 Å². The molecule has 0 saturated heterocycles. The van der Waals surface area contributed by atoms with Gasteiger partial charge < -0.3 is 25.2 Å². The molecule has 1 aromatic carbocycles. The Morgan fingerprint density at radius 1 is 1.11 bits per heavy atom. The largest absolute Gasteiger partial charge is 0.508 e. The summed E-state index contributed by atoms with van der Waals surface area (Å²) in [5.41, 5.74) is -0.633. The Balaban J connectivity index is 0.000000521. The lowest BCUT2D eigenvalue weighted by atomic mass is 9.88. The number of carbonyl (C=O) groups is 1. The molecule has 0 aromatic heterocycles. The van der Waals surface area contributed by atoms with Gasteiger partial charge in [-0.1, -0.05) is 53.4 Å². The molecule has 0 radical (unpaired) electrons. The number of aromatic hydroxyl groups is 1. The van der Waals surface area contributed by atoms with E-state index in [4.69, 9.17) is 14.9 Å². The minimum atomic E-state index is -1.09. The highest BCUT2D eigenvalue weighted by Crippen LogP contribution is 2.23. The maximum absolute atomic E-state index is 11.4. The zero-order valence-corrected chi connectivity index (χ0v) is 17.7. The summed E-state index contributed by atoms with van der Waals surface area (Å²) in [6, 6.07) is 6.01. The average molecular weight is 399 g/mol. The second-order valence-corrected chi connectivity index (χ2v) is 7.51. The van der Waals surface area contributed by atoms with Crippen LogP contribution in [0.5, 0.6) is 5.75 Å². The number of phenolic OH excluding ortho intramolecular Hbond substituents is 1. The van der Waals surface area contributed by atoms with Gasteiger partial charge in [-0.2, -0.15) is 0 Å². The monoisotopic (exact) mass is 398 g/mol. The summed E-state index contributed by atoms with van der Waals surface area (Å²) in [4.78, 5) is 11.4. The van der Waals surface area contributed by atoms with Crippen LogP contribution in [0.3, 0.4) is 0 Å². The Morgan fingerprint density at radius 2 is 1.71 bits per heavy atom. The summed E-state index contributed by atoms with van der Waals surface area (Å²) in [7, 11) is 0. The van der Waals surface area contributed by atoms with Crippen molar-refractivity contribution in [3.05, 3.63) is 29.8 Å². The van der Waals surface area contributed by atoms with Crippen LogP contribution in [0.4, 0.5) is 0 Å². The molecule has 0 saturated carbocycles. The van der Waals surface area contributed by atoms with Crippen molar-refractivity contribution in [2.75, 3.05) is 13.2 Å². The number of phenols is 1. The fourth-order valence-electron chi connectivity index (χ4n) is 2.53. The highest BCUT2D eigenvalue weighted by molar-refractivity contribution is 5.89. The molecule has 6 nitrogen and oxygen atoms in total. The molecule has 0 heterocycles. The summed E-state index contributed by atoms with van der Waals surface area (Å²) in [5.74, 6) is 0.125. The van der Waals surface area contributed by atoms with Gasteiger partial charge in [0, 0.05) is 0 Å². The molecule has 162 valence electrons. The van der Waals surface area contributed by atoms with Gasteiger partial charge >= 0.3 is 5.97 Å². The van der Waals surface area contributed by atoms with Crippen LogP contribution < -0.4 is 0 Å². The number of rotatable bonds is 11. The molecule has 0 bridgehead atoms. The van der Waals surface area contributed by atoms with E-state index < -0.39 is 11.7 Å². The van der Waals surface area contributed by atoms with Gasteiger partial charge in [0.2, 0.25) is 0 Å². The fourth-order valence-corrected chi connectivity index (χ4v) is 2.53. The maximum Gasteiger partial charge on any atom is 0.338 e. The Hall–Kier alpha value is -1.63. The zero-order chi connectivity index (χ0) is 21.6. The maximum atomic E-state index is 11.4. The highest BCUT2D eigenvalue weighted by atomic mass is 16.5. The minimum absolute atomic E-state index is 0.144.